The van der Waals surface area contributed by atoms with Crippen LogP contribution in [0.5, 0.6) is 0 Å². The number of benzene rings is 2. The Hall–Kier alpha value is -3.28. The molecule has 9 nitrogen and oxygen atoms in total. The maximum absolute atomic E-state index is 13.3. The van der Waals surface area contributed by atoms with Crippen molar-refractivity contribution >= 4 is 28.1 Å². The Bertz CT molecular complexity index is 1510. The molecule has 6 rings (SSSR count). The van der Waals surface area contributed by atoms with Gasteiger partial charge in [-0.2, -0.15) is 4.31 Å². The topological polar surface area (TPSA) is 112 Å². The third-order valence-corrected chi connectivity index (χ3v) is 8.72. The predicted molar refractivity (Wildman–Crippen MR) is 145 cm³/mol. The van der Waals surface area contributed by atoms with Crippen LogP contribution in [0.2, 0.25) is 0 Å². The van der Waals surface area contributed by atoms with Crippen LogP contribution in [0.1, 0.15) is 28.5 Å². The maximum atomic E-state index is 13.3. The molecule has 0 aliphatic carbocycles. The van der Waals surface area contributed by atoms with Gasteiger partial charge in [-0.1, -0.05) is 12.1 Å². The zero-order valence-corrected chi connectivity index (χ0v) is 22.2. The van der Waals surface area contributed by atoms with Gasteiger partial charge in [0, 0.05) is 56.7 Å². The van der Waals surface area contributed by atoms with Gasteiger partial charge in [0.25, 0.3) is 0 Å². The molecule has 2 N–H and O–H groups in total. The highest BCUT2D eigenvalue weighted by Crippen LogP contribution is 2.32. The molecule has 0 unspecified atom stereocenters. The van der Waals surface area contributed by atoms with Gasteiger partial charge in [-0.05, 0) is 59.2 Å². The van der Waals surface area contributed by atoms with Gasteiger partial charge in [0.05, 0.1) is 16.8 Å². The van der Waals surface area contributed by atoms with Crippen molar-refractivity contribution < 1.29 is 17.9 Å². The van der Waals surface area contributed by atoms with E-state index in [2.05, 4.69) is 26.3 Å². The summed E-state index contributed by atoms with van der Waals surface area (Å²) in [6, 6.07) is 16.2. The van der Waals surface area contributed by atoms with Gasteiger partial charge < -0.3 is 19.7 Å². The zero-order chi connectivity index (χ0) is 25.4. The Morgan fingerprint density at radius 2 is 1.74 bits per heavy atom. The first-order valence-electron chi connectivity index (χ1n) is 12.2. The Kier molecular flexibility index (Phi) is 7.51. The van der Waals surface area contributed by atoms with E-state index in [0.29, 0.717) is 17.1 Å². The zero-order valence-electron chi connectivity index (χ0n) is 20.5. The van der Waals surface area contributed by atoms with E-state index in [4.69, 9.17) is 4.42 Å². The minimum absolute atomic E-state index is 0. The molecule has 4 heterocycles. The van der Waals surface area contributed by atoms with Gasteiger partial charge in [-0.25, -0.2) is 13.4 Å². The molecule has 0 radical (unpaired) electrons. The molecule has 1 saturated heterocycles. The van der Waals surface area contributed by atoms with Crippen molar-refractivity contribution in [2.75, 3.05) is 31.1 Å². The first kappa shape index (κ1) is 26.3. The lowest BCUT2D eigenvalue weighted by atomic mass is 10.0. The molecule has 38 heavy (non-hydrogen) atoms. The minimum Gasteiger partial charge on any atom is -0.445 e. The number of hydrogen-bond acceptors (Lipinski definition) is 8. The van der Waals surface area contributed by atoms with E-state index in [0.717, 1.165) is 48.6 Å². The fraction of sp³-hybridized carbons (Fsp3) is 0.259. The Morgan fingerprint density at radius 3 is 2.47 bits per heavy atom. The molecule has 198 valence electrons. The van der Waals surface area contributed by atoms with E-state index < -0.39 is 16.1 Å². The third kappa shape index (κ3) is 5.05. The van der Waals surface area contributed by atoms with E-state index in [1.807, 2.05) is 24.3 Å². The largest absolute Gasteiger partial charge is 0.445 e. The second-order valence-corrected chi connectivity index (χ2v) is 11.2. The van der Waals surface area contributed by atoms with Gasteiger partial charge in [0.15, 0.2) is 0 Å². The summed E-state index contributed by atoms with van der Waals surface area (Å²) in [4.78, 5) is 11.1. The van der Waals surface area contributed by atoms with Gasteiger partial charge in [0.1, 0.15) is 12.4 Å². The maximum Gasteiger partial charge on any atom is 0.243 e. The highest BCUT2D eigenvalue weighted by molar-refractivity contribution is 7.89. The molecule has 2 aromatic heterocycles. The number of aliphatic hydroxyl groups is 1. The molecule has 1 fully saturated rings. The van der Waals surface area contributed by atoms with Gasteiger partial charge in [-0.3, -0.25) is 4.98 Å². The average Bonchev–Trinajstić information content (AvgIpc) is 3.64. The standard InChI is InChI=1S/C27H27N5O4S.ClH/c33-26(20-2-1-3-23(14-20)31-11-8-28-9-12-31)25-15-21-17-32(18-22(21)16-30-25)37(34,35)24-6-4-19(5-7-24)27-29-10-13-36-27;/h1-7,10,13-16,26,28,33H,8-9,11-12,17-18H2;1H/t26-;/m0./s1. The van der Waals surface area contributed by atoms with E-state index in [9.17, 15) is 13.5 Å². The molecule has 2 aromatic carbocycles. The van der Waals surface area contributed by atoms with Crippen LogP contribution >= 0.6 is 12.4 Å². The summed E-state index contributed by atoms with van der Waals surface area (Å²) in [6.07, 6.45) is 3.80. The summed E-state index contributed by atoms with van der Waals surface area (Å²) in [5.41, 5.74) is 4.73. The number of nitrogens with one attached hydrogen (secondary N) is 1. The lowest BCUT2D eigenvalue weighted by Crippen LogP contribution is -2.43. The predicted octanol–water partition coefficient (Wildman–Crippen LogP) is 3.35. The molecule has 0 bridgehead atoms. The number of halogens is 1. The fourth-order valence-corrected chi connectivity index (χ4v) is 6.25. The second-order valence-electron chi connectivity index (χ2n) is 9.25. The summed E-state index contributed by atoms with van der Waals surface area (Å²) in [7, 11) is -3.71. The van der Waals surface area contributed by atoms with E-state index in [1.165, 1.54) is 10.6 Å². The molecule has 1 atom stereocenters. The Morgan fingerprint density at radius 1 is 0.974 bits per heavy atom. The molecule has 11 heteroatoms. The number of piperazine rings is 1. The quantitative estimate of drug-likeness (QED) is 0.374. The van der Waals surface area contributed by atoms with Crippen molar-refractivity contribution in [3.05, 3.63) is 95.6 Å². The van der Waals surface area contributed by atoms with Crippen LogP contribution in [0.4, 0.5) is 5.69 Å². The number of pyridine rings is 1. The van der Waals surface area contributed by atoms with Crippen LogP contribution in [-0.2, 0) is 23.1 Å². The number of aromatic nitrogens is 2. The Balaban J connectivity index is 0.00000294. The molecule has 0 saturated carbocycles. The second kappa shape index (κ2) is 10.8. The molecular weight excluding hydrogens is 526 g/mol. The number of aliphatic hydroxyl groups excluding tert-OH is 1. The lowest BCUT2D eigenvalue weighted by Gasteiger charge is -2.30. The van der Waals surface area contributed by atoms with Crippen molar-refractivity contribution in [1.82, 2.24) is 19.6 Å². The van der Waals surface area contributed by atoms with Crippen LogP contribution in [0.3, 0.4) is 0 Å². The van der Waals surface area contributed by atoms with Gasteiger partial charge in [-0.15, -0.1) is 12.4 Å². The number of rotatable bonds is 6. The van der Waals surface area contributed by atoms with Crippen LogP contribution in [0.15, 0.2) is 82.6 Å². The smallest absolute Gasteiger partial charge is 0.243 e. The van der Waals surface area contributed by atoms with Crippen LogP contribution in [0, 0.1) is 0 Å². The van der Waals surface area contributed by atoms with Crippen LogP contribution in [-0.4, -0.2) is 54.0 Å². The number of oxazole rings is 1. The number of nitrogens with zero attached hydrogens (tertiary/aromatic N) is 4. The number of sulfonamides is 1. The average molecular weight is 554 g/mol. The van der Waals surface area contributed by atoms with E-state index >= 15 is 0 Å². The van der Waals surface area contributed by atoms with Crippen molar-refractivity contribution in [2.45, 2.75) is 24.1 Å². The molecule has 0 amide bonds. The van der Waals surface area contributed by atoms with E-state index in [1.54, 1.807) is 36.7 Å². The summed E-state index contributed by atoms with van der Waals surface area (Å²) in [5, 5.41) is 14.5. The number of fused-ring (bicyclic) bond motifs is 1. The normalized spacial score (nSPS) is 16.6. The fourth-order valence-electron chi connectivity index (χ4n) is 4.86. The van der Waals surface area contributed by atoms with Crippen molar-refractivity contribution in [2.24, 2.45) is 0 Å². The first-order valence-corrected chi connectivity index (χ1v) is 13.6. The molecule has 2 aliphatic rings. The first-order chi connectivity index (χ1) is 18.0. The van der Waals surface area contributed by atoms with Gasteiger partial charge >= 0.3 is 0 Å². The summed E-state index contributed by atoms with van der Waals surface area (Å²) in [6.45, 7) is 4.17. The Labute approximate surface area is 227 Å². The van der Waals surface area contributed by atoms with E-state index in [-0.39, 0.29) is 30.4 Å². The van der Waals surface area contributed by atoms with Crippen molar-refractivity contribution in [3.8, 4) is 11.5 Å². The number of anilines is 1. The highest BCUT2D eigenvalue weighted by atomic mass is 35.5. The molecule has 2 aliphatic heterocycles. The van der Waals surface area contributed by atoms with Crippen LogP contribution in [0.25, 0.3) is 11.5 Å². The monoisotopic (exact) mass is 553 g/mol. The minimum atomic E-state index is -3.71. The van der Waals surface area contributed by atoms with Crippen LogP contribution < -0.4 is 10.2 Å². The molecule has 4 aromatic rings. The summed E-state index contributed by atoms with van der Waals surface area (Å²) >= 11 is 0. The SMILES string of the molecule is Cl.O=S(=O)(c1ccc(-c2ncco2)cc1)N1Cc2cnc([C@@H](O)c3cccc(N4CCNCC4)c3)cc2C1. The highest BCUT2D eigenvalue weighted by Gasteiger charge is 2.31. The molecule has 0 spiro atoms. The van der Waals surface area contributed by atoms with Crippen molar-refractivity contribution in [3.63, 3.8) is 0 Å². The lowest BCUT2D eigenvalue weighted by molar-refractivity contribution is 0.215. The third-order valence-electron chi connectivity index (χ3n) is 6.92. The van der Waals surface area contributed by atoms with Gasteiger partial charge in [0.2, 0.25) is 15.9 Å². The summed E-state index contributed by atoms with van der Waals surface area (Å²) < 4.78 is 33.4. The number of hydrogen-bond donors (Lipinski definition) is 2. The summed E-state index contributed by atoms with van der Waals surface area (Å²) in [5.74, 6) is 0.438. The molecular formula is C27H28ClN5O4S. The van der Waals surface area contributed by atoms with Crippen molar-refractivity contribution in [1.29, 1.82) is 0 Å².